The number of anilines is 1. The molecule has 0 aromatic heterocycles. The second-order valence-corrected chi connectivity index (χ2v) is 9.75. The molecule has 212 valence electrons. The first-order valence-electron chi connectivity index (χ1n) is 13.3. The van der Waals surface area contributed by atoms with E-state index in [1.807, 2.05) is 29.2 Å². The lowest BCUT2D eigenvalue weighted by atomic mass is 9.90. The predicted octanol–water partition coefficient (Wildman–Crippen LogP) is 4.89. The van der Waals surface area contributed by atoms with Gasteiger partial charge in [0.05, 0.1) is 28.4 Å². The minimum Gasteiger partial charge on any atom is -0.493 e. The molecule has 9 nitrogen and oxygen atoms in total. The average molecular weight is 548 g/mol. The third-order valence-electron chi connectivity index (χ3n) is 7.33. The van der Waals surface area contributed by atoms with Gasteiger partial charge in [0.15, 0.2) is 23.0 Å². The predicted molar refractivity (Wildman–Crippen MR) is 154 cm³/mol. The fourth-order valence-corrected chi connectivity index (χ4v) is 5.05. The van der Waals surface area contributed by atoms with Crippen LogP contribution in [-0.4, -0.2) is 57.2 Å². The molecule has 0 aliphatic heterocycles. The zero-order chi connectivity index (χ0) is 28.6. The molecule has 0 saturated heterocycles. The molecule has 0 unspecified atom stereocenters. The normalized spacial score (nSPS) is 16.5. The van der Waals surface area contributed by atoms with Crippen LogP contribution in [0.15, 0.2) is 60.7 Å². The molecular formula is C31H37N3O6. The molecule has 0 spiro atoms. The van der Waals surface area contributed by atoms with Crippen molar-refractivity contribution in [2.24, 2.45) is 5.73 Å². The summed E-state index contributed by atoms with van der Waals surface area (Å²) in [5.74, 6) is 1.62. The highest BCUT2D eigenvalue weighted by Gasteiger charge is 2.30. The Bertz CT molecular complexity index is 1340. The van der Waals surface area contributed by atoms with Crippen LogP contribution in [0, 0.1) is 0 Å². The van der Waals surface area contributed by atoms with Crippen molar-refractivity contribution in [1.29, 1.82) is 0 Å². The van der Waals surface area contributed by atoms with Gasteiger partial charge < -0.3 is 34.9 Å². The Labute approximate surface area is 235 Å². The van der Waals surface area contributed by atoms with E-state index < -0.39 is 0 Å². The quantitative estimate of drug-likeness (QED) is 0.372. The Kier molecular flexibility index (Phi) is 9.50. The van der Waals surface area contributed by atoms with Crippen LogP contribution >= 0.6 is 0 Å². The molecule has 0 atom stereocenters. The molecular weight excluding hydrogens is 510 g/mol. The number of ether oxygens (including phenoxy) is 4. The zero-order valence-electron chi connectivity index (χ0n) is 23.4. The zero-order valence-corrected chi connectivity index (χ0v) is 23.4. The van der Waals surface area contributed by atoms with Crippen LogP contribution in [0.25, 0.3) is 0 Å². The molecule has 9 heteroatoms. The van der Waals surface area contributed by atoms with Gasteiger partial charge in [0.2, 0.25) is 0 Å². The highest BCUT2D eigenvalue weighted by molar-refractivity contribution is 6.05. The Balaban J connectivity index is 1.63. The van der Waals surface area contributed by atoms with Gasteiger partial charge in [-0.3, -0.25) is 9.59 Å². The number of methoxy groups -OCH3 is 4. The van der Waals surface area contributed by atoms with Crippen LogP contribution in [0.2, 0.25) is 0 Å². The number of nitrogens with two attached hydrogens (primary N) is 1. The van der Waals surface area contributed by atoms with Gasteiger partial charge in [-0.15, -0.1) is 0 Å². The number of carbonyl (C=O) groups is 2. The Morgan fingerprint density at radius 3 is 1.93 bits per heavy atom. The molecule has 1 aliphatic rings. The van der Waals surface area contributed by atoms with Crippen LogP contribution in [0.1, 0.15) is 52.0 Å². The number of rotatable bonds is 10. The first-order chi connectivity index (χ1) is 19.4. The number of para-hydroxylation sites is 1. The summed E-state index contributed by atoms with van der Waals surface area (Å²) in [7, 11) is 6.17. The first kappa shape index (κ1) is 28.8. The fraction of sp³-hybridized carbons (Fsp3) is 0.355. The van der Waals surface area contributed by atoms with Gasteiger partial charge in [-0.2, -0.15) is 0 Å². The standard InChI is InChI=1S/C31H37N3O6/c1-37-26-15-9-20(17-28(26)39-3)30(35)33-25-8-6-5-7-22(25)19-34(24-13-11-23(32)12-14-24)31(36)21-10-16-27(38-2)29(18-21)40-4/h5-10,15-18,23-24H,11-14,19,32H2,1-4H3,(H,33,35). The number of hydrogen-bond donors (Lipinski definition) is 2. The second-order valence-electron chi connectivity index (χ2n) is 9.75. The Hall–Kier alpha value is -4.24. The van der Waals surface area contributed by atoms with Gasteiger partial charge in [-0.25, -0.2) is 0 Å². The summed E-state index contributed by atoms with van der Waals surface area (Å²) in [5, 5.41) is 3.01. The maximum atomic E-state index is 14.0. The van der Waals surface area contributed by atoms with Crippen molar-refractivity contribution >= 4 is 17.5 Å². The van der Waals surface area contributed by atoms with E-state index in [0.717, 1.165) is 31.2 Å². The van der Waals surface area contributed by atoms with Crippen LogP contribution in [0.4, 0.5) is 5.69 Å². The minimum absolute atomic E-state index is 0.00926. The SMILES string of the molecule is COc1ccc(C(=O)Nc2ccccc2CN(C(=O)c2ccc(OC)c(OC)c2)C2CCC(N)CC2)cc1OC. The van der Waals surface area contributed by atoms with Gasteiger partial charge in [-0.1, -0.05) is 18.2 Å². The second kappa shape index (κ2) is 13.2. The summed E-state index contributed by atoms with van der Waals surface area (Å²) in [5.41, 5.74) is 8.55. The summed E-state index contributed by atoms with van der Waals surface area (Å²) in [4.78, 5) is 29.1. The number of nitrogens with zero attached hydrogens (tertiary/aromatic N) is 1. The van der Waals surface area contributed by atoms with Crippen LogP contribution in [-0.2, 0) is 6.54 Å². The molecule has 3 N–H and O–H groups in total. The van der Waals surface area contributed by atoms with Gasteiger partial charge in [0.25, 0.3) is 11.8 Å². The molecule has 1 fully saturated rings. The lowest BCUT2D eigenvalue weighted by Crippen LogP contribution is -2.44. The summed E-state index contributed by atoms with van der Waals surface area (Å²) in [6.07, 6.45) is 3.30. The maximum Gasteiger partial charge on any atom is 0.255 e. The van der Waals surface area contributed by atoms with E-state index in [4.69, 9.17) is 24.7 Å². The Morgan fingerprint density at radius 1 is 0.775 bits per heavy atom. The van der Waals surface area contributed by atoms with Crippen molar-refractivity contribution in [1.82, 2.24) is 4.90 Å². The van der Waals surface area contributed by atoms with Gasteiger partial charge in [0.1, 0.15) is 0 Å². The summed E-state index contributed by atoms with van der Waals surface area (Å²) < 4.78 is 21.4. The number of hydrogen-bond acceptors (Lipinski definition) is 7. The summed E-state index contributed by atoms with van der Waals surface area (Å²) in [6.45, 7) is 0.315. The number of amides is 2. The molecule has 1 saturated carbocycles. The lowest BCUT2D eigenvalue weighted by molar-refractivity contribution is 0.0606. The smallest absolute Gasteiger partial charge is 0.255 e. The summed E-state index contributed by atoms with van der Waals surface area (Å²) in [6, 6.07) is 17.9. The van der Waals surface area contributed by atoms with Crippen LogP contribution < -0.4 is 30.0 Å². The van der Waals surface area contributed by atoms with E-state index in [0.29, 0.717) is 46.4 Å². The average Bonchev–Trinajstić information content (AvgIpc) is 3.00. The highest BCUT2D eigenvalue weighted by Crippen LogP contribution is 2.32. The van der Waals surface area contributed by atoms with Crippen molar-refractivity contribution in [2.45, 2.75) is 44.3 Å². The van der Waals surface area contributed by atoms with E-state index in [2.05, 4.69) is 5.32 Å². The Morgan fingerprint density at radius 2 is 1.32 bits per heavy atom. The molecule has 2 amide bonds. The topological polar surface area (TPSA) is 112 Å². The lowest BCUT2D eigenvalue weighted by Gasteiger charge is -2.36. The molecule has 40 heavy (non-hydrogen) atoms. The molecule has 1 aliphatic carbocycles. The molecule has 0 radical (unpaired) electrons. The van der Waals surface area contributed by atoms with Crippen LogP contribution in [0.3, 0.4) is 0 Å². The van der Waals surface area contributed by atoms with E-state index in [1.54, 1.807) is 57.7 Å². The molecule has 4 rings (SSSR count). The summed E-state index contributed by atoms with van der Waals surface area (Å²) >= 11 is 0. The number of benzene rings is 3. The van der Waals surface area contributed by atoms with E-state index in [-0.39, 0.29) is 23.9 Å². The van der Waals surface area contributed by atoms with Gasteiger partial charge in [-0.05, 0) is 73.7 Å². The molecule has 3 aromatic rings. The van der Waals surface area contributed by atoms with Crippen molar-refractivity contribution < 1.29 is 28.5 Å². The maximum absolute atomic E-state index is 14.0. The van der Waals surface area contributed by atoms with E-state index >= 15 is 0 Å². The number of nitrogens with one attached hydrogen (secondary N) is 1. The largest absolute Gasteiger partial charge is 0.493 e. The van der Waals surface area contributed by atoms with E-state index in [1.165, 1.54) is 7.11 Å². The highest BCUT2D eigenvalue weighted by atomic mass is 16.5. The molecule has 3 aromatic carbocycles. The van der Waals surface area contributed by atoms with E-state index in [9.17, 15) is 9.59 Å². The van der Waals surface area contributed by atoms with Crippen molar-refractivity contribution in [2.75, 3.05) is 33.8 Å². The minimum atomic E-state index is -0.296. The van der Waals surface area contributed by atoms with Crippen molar-refractivity contribution in [3.05, 3.63) is 77.4 Å². The van der Waals surface area contributed by atoms with Crippen molar-refractivity contribution in [3.8, 4) is 23.0 Å². The number of carbonyl (C=O) groups excluding carboxylic acids is 2. The van der Waals surface area contributed by atoms with Crippen LogP contribution in [0.5, 0.6) is 23.0 Å². The fourth-order valence-electron chi connectivity index (χ4n) is 5.05. The monoisotopic (exact) mass is 547 g/mol. The van der Waals surface area contributed by atoms with Gasteiger partial charge in [0, 0.05) is 35.4 Å². The molecule has 0 heterocycles. The molecule has 0 bridgehead atoms. The van der Waals surface area contributed by atoms with Crippen molar-refractivity contribution in [3.63, 3.8) is 0 Å². The third-order valence-corrected chi connectivity index (χ3v) is 7.33. The van der Waals surface area contributed by atoms with Gasteiger partial charge >= 0.3 is 0 Å². The third kappa shape index (κ3) is 6.48. The first-order valence-corrected chi connectivity index (χ1v) is 13.3.